The van der Waals surface area contributed by atoms with Crippen molar-refractivity contribution in [3.8, 4) is 0 Å². The van der Waals surface area contributed by atoms with E-state index in [0.717, 1.165) is 25.7 Å². The molecule has 0 unspecified atom stereocenters. The van der Waals surface area contributed by atoms with Gasteiger partial charge in [-0.25, -0.2) is 8.42 Å². The molecule has 0 radical (unpaired) electrons. The highest BCUT2D eigenvalue weighted by Crippen LogP contribution is 2.27. The van der Waals surface area contributed by atoms with Gasteiger partial charge in [0.15, 0.2) is 0 Å². The molecule has 9 heteroatoms. The average Bonchev–Trinajstić information content (AvgIpc) is 3.46. The molecule has 0 aromatic carbocycles. The fourth-order valence-corrected chi connectivity index (χ4v) is 5.86. The number of hydrogen-bond donors (Lipinski definition) is 1. The lowest BCUT2D eigenvalue weighted by Gasteiger charge is -2.30. The van der Waals surface area contributed by atoms with E-state index in [1.54, 1.807) is 11.6 Å². The smallest absolute Gasteiger partial charge is 0.270 e. The molecule has 0 spiro atoms. The monoisotopic (exact) mass is 436 g/mol. The van der Waals surface area contributed by atoms with Crippen LogP contribution in [0.2, 0.25) is 0 Å². The molecule has 1 aromatic rings. The second-order valence-electron chi connectivity index (χ2n) is 9.11. The zero-order chi connectivity index (χ0) is 21.5. The minimum atomic E-state index is -3.69. The number of piperidine rings is 2. The van der Waals surface area contributed by atoms with Crippen LogP contribution in [0.1, 0.15) is 55.9 Å². The fourth-order valence-electron chi connectivity index (χ4n) is 4.32. The van der Waals surface area contributed by atoms with Gasteiger partial charge < -0.3 is 14.8 Å². The molecule has 2 saturated heterocycles. The minimum Gasteiger partial charge on any atom is -0.353 e. The highest BCUT2D eigenvalue weighted by molar-refractivity contribution is 7.89. The van der Waals surface area contributed by atoms with Crippen molar-refractivity contribution in [2.75, 3.05) is 26.2 Å². The highest BCUT2D eigenvalue weighted by Gasteiger charge is 2.35. The van der Waals surface area contributed by atoms with Crippen molar-refractivity contribution in [1.82, 2.24) is 19.1 Å². The van der Waals surface area contributed by atoms with Gasteiger partial charge in [0.2, 0.25) is 15.9 Å². The van der Waals surface area contributed by atoms with Crippen LogP contribution in [0.4, 0.5) is 0 Å². The molecule has 1 saturated carbocycles. The van der Waals surface area contributed by atoms with Gasteiger partial charge in [-0.05, 0) is 50.5 Å². The van der Waals surface area contributed by atoms with E-state index < -0.39 is 10.0 Å². The molecule has 166 valence electrons. The van der Waals surface area contributed by atoms with Crippen molar-refractivity contribution in [3.05, 3.63) is 18.0 Å². The molecule has 3 aliphatic rings. The quantitative estimate of drug-likeness (QED) is 0.759. The third-order valence-electron chi connectivity index (χ3n) is 6.66. The van der Waals surface area contributed by atoms with E-state index in [1.165, 1.54) is 16.6 Å². The Hall–Kier alpha value is -1.87. The van der Waals surface area contributed by atoms with Gasteiger partial charge in [0, 0.05) is 51.4 Å². The Morgan fingerprint density at radius 3 is 2.23 bits per heavy atom. The Balaban J connectivity index is 1.41. The van der Waals surface area contributed by atoms with Crippen molar-refractivity contribution in [3.63, 3.8) is 0 Å². The zero-order valence-electron chi connectivity index (χ0n) is 17.8. The molecule has 2 amide bonds. The molecule has 4 rings (SSSR count). The number of aromatic nitrogens is 1. The zero-order valence-corrected chi connectivity index (χ0v) is 18.7. The SMILES string of the molecule is CC1CCN(C(=O)c2cc(S(=O)(=O)N3CCC(C(=O)NC4CC4)CC3)cn2C)CC1. The van der Waals surface area contributed by atoms with Crippen LogP contribution in [0.3, 0.4) is 0 Å². The maximum Gasteiger partial charge on any atom is 0.270 e. The van der Waals surface area contributed by atoms with Crippen molar-refractivity contribution >= 4 is 21.8 Å². The summed E-state index contributed by atoms with van der Waals surface area (Å²) >= 11 is 0. The molecular weight excluding hydrogens is 404 g/mol. The average molecular weight is 437 g/mol. The minimum absolute atomic E-state index is 0.0537. The van der Waals surface area contributed by atoms with Gasteiger partial charge >= 0.3 is 0 Å². The van der Waals surface area contributed by atoms with Gasteiger partial charge in [-0.2, -0.15) is 4.31 Å². The molecule has 0 atom stereocenters. The van der Waals surface area contributed by atoms with Crippen molar-refractivity contribution in [2.24, 2.45) is 18.9 Å². The van der Waals surface area contributed by atoms with Crippen LogP contribution in [-0.2, 0) is 21.9 Å². The van der Waals surface area contributed by atoms with Crippen LogP contribution < -0.4 is 5.32 Å². The summed E-state index contributed by atoms with van der Waals surface area (Å²) in [5.74, 6) is 0.443. The standard InChI is InChI=1S/C21H32N4O4S/c1-15-5-9-24(10-6-15)21(27)19-13-18(14-23(19)2)30(28,29)25-11-7-16(8-12-25)20(26)22-17-3-4-17/h13-17H,3-12H2,1-2H3,(H,22,26). The van der Waals surface area contributed by atoms with Crippen LogP contribution >= 0.6 is 0 Å². The van der Waals surface area contributed by atoms with Crippen molar-refractivity contribution in [1.29, 1.82) is 0 Å². The number of carbonyl (C=O) groups is 2. The van der Waals surface area contributed by atoms with Crippen LogP contribution in [0, 0.1) is 11.8 Å². The Labute approximate surface area is 178 Å². The second kappa shape index (κ2) is 8.34. The lowest BCUT2D eigenvalue weighted by Crippen LogP contribution is -2.43. The highest BCUT2D eigenvalue weighted by atomic mass is 32.2. The molecule has 3 fully saturated rings. The third-order valence-corrected chi connectivity index (χ3v) is 8.52. The molecule has 0 bridgehead atoms. The first-order chi connectivity index (χ1) is 14.3. The Morgan fingerprint density at radius 2 is 1.63 bits per heavy atom. The van der Waals surface area contributed by atoms with Crippen LogP contribution in [0.25, 0.3) is 0 Å². The maximum absolute atomic E-state index is 13.1. The molecule has 30 heavy (non-hydrogen) atoms. The predicted molar refractivity (Wildman–Crippen MR) is 112 cm³/mol. The third kappa shape index (κ3) is 4.42. The summed E-state index contributed by atoms with van der Waals surface area (Å²) in [6.45, 7) is 4.27. The molecule has 1 aliphatic carbocycles. The Bertz CT molecular complexity index is 905. The van der Waals surface area contributed by atoms with E-state index in [9.17, 15) is 18.0 Å². The summed E-state index contributed by atoms with van der Waals surface area (Å²) in [5.41, 5.74) is 0.404. The molecule has 2 aliphatic heterocycles. The van der Waals surface area contributed by atoms with Gasteiger partial charge in [-0.1, -0.05) is 6.92 Å². The number of carbonyl (C=O) groups excluding carboxylic acids is 2. The number of nitrogens with zero attached hydrogens (tertiary/aromatic N) is 3. The first-order valence-corrected chi connectivity index (χ1v) is 12.5. The number of nitrogens with one attached hydrogen (secondary N) is 1. The van der Waals surface area contributed by atoms with Gasteiger partial charge in [0.05, 0.1) is 0 Å². The number of rotatable bonds is 5. The van der Waals surface area contributed by atoms with Gasteiger partial charge in [-0.3, -0.25) is 9.59 Å². The van der Waals surface area contributed by atoms with Gasteiger partial charge in [0.25, 0.3) is 5.91 Å². The van der Waals surface area contributed by atoms with E-state index in [2.05, 4.69) is 12.2 Å². The van der Waals surface area contributed by atoms with Crippen molar-refractivity contribution < 1.29 is 18.0 Å². The van der Waals surface area contributed by atoms with E-state index in [0.29, 0.717) is 56.7 Å². The summed E-state index contributed by atoms with van der Waals surface area (Å²) in [7, 11) is -1.97. The van der Waals surface area contributed by atoms with E-state index in [1.807, 2.05) is 4.90 Å². The van der Waals surface area contributed by atoms with Crippen LogP contribution in [0.15, 0.2) is 17.2 Å². The van der Waals surface area contributed by atoms with E-state index >= 15 is 0 Å². The summed E-state index contributed by atoms with van der Waals surface area (Å²) < 4.78 is 29.4. The molecule has 8 nitrogen and oxygen atoms in total. The largest absolute Gasteiger partial charge is 0.353 e. The summed E-state index contributed by atoms with van der Waals surface area (Å²) in [4.78, 5) is 27.1. The van der Waals surface area contributed by atoms with Crippen molar-refractivity contribution in [2.45, 2.75) is 56.4 Å². The first-order valence-electron chi connectivity index (χ1n) is 11.0. The molecular formula is C21H32N4O4S. The summed E-state index contributed by atoms with van der Waals surface area (Å²) in [5, 5.41) is 3.01. The van der Waals surface area contributed by atoms with E-state index in [4.69, 9.17) is 0 Å². The summed E-state index contributed by atoms with van der Waals surface area (Å²) in [6.07, 6.45) is 6.63. The van der Waals surface area contributed by atoms with Gasteiger partial charge in [0.1, 0.15) is 10.6 Å². The number of likely N-dealkylation sites (tertiary alicyclic amines) is 1. The first kappa shape index (κ1) is 21.4. The normalized spacial score (nSPS) is 22.3. The maximum atomic E-state index is 13.1. The Morgan fingerprint density at radius 1 is 1.00 bits per heavy atom. The fraction of sp³-hybridized carbons (Fsp3) is 0.714. The predicted octanol–water partition coefficient (Wildman–Crippen LogP) is 1.58. The topological polar surface area (TPSA) is 91.7 Å². The van der Waals surface area contributed by atoms with E-state index in [-0.39, 0.29) is 22.6 Å². The number of amides is 2. The summed E-state index contributed by atoms with van der Waals surface area (Å²) in [6, 6.07) is 1.82. The Kier molecular flexibility index (Phi) is 5.94. The van der Waals surface area contributed by atoms with Gasteiger partial charge in [-0.15, -0.1) is 0 Å². The molecule has 1 N–H and O–H groups in total. The number of sulfonamides is 1. The molecule has 3 heterocycles. The second-order valence-corrected chi connectivity index (χ2v) is 11.0. The number of aryl methyl sites for hydroxylation is 1. The number of hydrogen-bond acceptors (Lipinski definition) is 4. The lowest BCUT2D eigenvalue weighted by molar-refractivity contribution is -0.126. The lowest BCUT2D eigenvalue weighted by atomic mass is 9.97. The van der Waals surface area contributed by atoms with Crippen LogP contribution in [0.5, 0.6) is 0 Å². The molecule has 1 aromatic heterocycles. The van der Waals surface area contributed by atoms with Crippen LogP contribution in [-0.4, -0.2) is 66.2 Å².